The Balaban J connectivity index is 1.55. The molecule has 0 saturated heterocycles. The summed E-state index contributed by atoms with van der Waals surface area (Å²) in [6.07, 6.45) is 8.85. The van der Waals surface area contributed by atoms with E-state index in [0.29, 0.717) is 6.54 Å². The van der Waals surface area contributed by atoms with E-state index >= 15 is 0 Å². The van der Waals surface area contributed by atoms with Crippen LogP contribution in [0.3, 0.4) is 0 Å². The summed E-state index contributed by atoms with van der Waals surface area (Å²) in [4.78, 5) is 5.67. The number of quaternary nitrogens is 1. The van der Waals surface area contributed by atoms with Crippen LogP contribution in [-0.2, 0) is 13.2 Å². The Hall–Kier alpha value is -2.83. The summed E-state index contributed by atoms with van der Waals surface area (Å²) in [5, 5.41) is 4.82. The van der Waals surface area contributed by atoms with E-state index in [4.69, 9.17) is 17.3 Å². The summed E-state index contributed by atoms with van der Waals surface area (Å²) in [5.74, 6) is 0.843. The van der Waals surface area contributed by atoms with E-state index in [0.717, 1.165) is 42.3 Å². The highest BCUT2D eigenvalue weighted by atomic mass is 32.1. The zero-order valence-electron chi connectivity index (χ0n) is 15.8. The normalized spacial score (nSPS) is 16.6. The molecule has 0 amide bonds. The van der Waals surface area contributed by atoms with E-state index in [1.807, 2.05) is 33.7 Å². The monoisotopic (exact) mass is 390 g/mol. The van der Waals surface area contributed by atoms with Crippen LogP contribution in [0.25, 0.3) is 17.0 Å². The molecule has 1 N–H and O–H groups in total. The summed E-state index contributed by atoms with van der Waals surface area (Å²) in [7, 11) is 0. The van der Waals surface area contributed by atoms with Crippen LogP contribution in [0.2, 0.25) is 0 Å². The summed E-state index contributed by atoms with van der Waals surface area (Å²) in [5.41, 5.74) is 3.72. The maximum atomic E-state index is 5.71. The molecule has 142 valence electrons. The van der Waals surface area contributed by atoms with Crippen LogP contribution in [0.1, 0.15) is 12.0 Å². The molecule has 3 heterocycles. The highest BCUT2D eigenvalue weighted by Gasteiger charge is 2.19. The highest BCUT2D eigenvalue weighted by molar-refractivity contribution is 7.71. The molecule has 0 aliphatic carbocycles. The van der Waals surface area contributed by atoms with Crippen LogP contribution in [0.4, 0.5) is 0 Å². The minimum absolute atomic E-state index is 0.635. The van der Waals surface area contributed by atoms with E-state index in [1.165, 1.54) is 16.0 Å². The number of nitrogens with one attached hydrogen (secondary N) is 1. The average Bonchev–Trinajstić information content (AvgIpc) is 3.06. The lowest BCUT2D eigenvalue weighted by Crippen LogP contribution is -3.11. The fraction of sp³-hybridized carbons (Fsp3) is 0.227. The van der Waals surface area contributed by atoms with Crippen molar-refractivity contribution in [2.75, 3.05) is 13.1 Å². The van der Waals surface area contributed by atoms with Crippen molar-refractivity contribution in [1.29, 1.82) is 0 Å². The standard InChI is InChI=1S/C22H23N5S/c1-2-13-26-21(20-9-6-12-23-16-20)24-27(22(26)28)17-25-14-10-19(11-15-25)18-7-4-3-5-8-18/h2-10,12,16H,1,11,13-15,17H2/p+1. The highest BCUT2D eigenvalue weighted by Crippen LogP contribution is 2.19. The minimum Gasteiger partial charge on any atom is -0.313 e. The number of pyridine rings is 1. The van der Waals surface area contributed by atoms with Gasteiger partial charge >= 0.3 is 0 Å². The first kappa shape index (κ1) is 18.5. The van der Waals surface area contributed by atoms with Crippen LogP contribution < -0.4 is 4.90 Å². The van der Waals surface area contributed by atoms with E-state index in [1.54, 1.807) is 6.20 Å². The Labute approximate surface area is 170 Å². The van der Waals surface area contributed by atoms with Crippen molar-refractivity contribution in [3.05, 3.63) is 83.9 Å². The predicted molar refractivity (Wildman–Crippen MR) is 114 cm³/mol. The maximum absolute atomic E-state index is 5.71. The molecule has 1 aliphatic rings. The number of hydrogen-bond acceptors (Lipinski definition) is 3. The lowest BCUT2D eigenvalue weighted by Gasteiger charge is -2.23. The third kappa shape index (κ3) is 3.88. The Morgan fingerprint density at radius 1 is 1.14 bits per heavy atom. The number of allylic oxidation sites excluding steroid dienone is 1. The maximum Gasteiger partial charge on any atom is 0.203 e. The Kier molecular flexibility index (Phi) is 5.60. The van der Waals surface area contributed by atoms with Gasteiger partial charge < -0.3 is 4.90 Å². The first-order valence-electron chi connectivity index (χ1n) is 9.53. The summed E-state index contributed by atoms with van der Waals surface area (Å²) < 4.78 is 4.69. The van der Waals surface area contributed by atoms with Crippen molar-refractivity contribution in [2.45, 2.75) is 19.6 Å². The summed E-state index contributed by atoms with van der Waals surface area (Å²) in [6, 6.07) is 14.6. The molecule has 1 atom stereocenters. The third-order valence-electron chi connectivity index (χ3n) is 5.06. The Morgan fingerprint density at radius 3 is 2.64 bits per heavy atom. The fourth-order valence-electron chi connectivity index (χ4n) is 3.60. The second-order valence-electron chi connectivity index (χ2n) is 6.95. The molecule has 28 heavy (non-hydrogen) atoms. The molecule has 0 spiro atoms. The molecule has 1 unspecified atom stereocenters. The van der Waals surface area contributed by atoms with Gasteiger partial charge in [0.25, 0.3) is 0 Å². The molecule has 2 aromatic heterocycles. The van der Waals surface area contributed by atoms with Gasteiger partial charge in [0.15, 0.2) is 12.5 Å². The van der Waals surface area contributed by atoms with Gasteiger partial charge in [0, 0.05) is 30.9 Å². The lowest BCUT2D eigenvalue weighted by atomic mass is 10.00. The second kappa shape index (κ2) is 8.46. The Bertz CT molecular complexity index is 1030. The first-order valence-corrected chi connectivity index (χ1v) is 9.94. The quantitative estimate of drug-likeness (QED) is 0.520. The Morgan fingerprint density at radius 2 is 1.96 bits per heavy atom. The van der Waals surface area contributed by atoms with Gasteiger partial charge in [-0.2, -0.15) is 4.68 Å². The molecule has 1 aliphatic heterocycles. The number of hydrogen-bond donors (Lipinski definition) is 1. The molecule has 0 fully saturated rings. The average molecular weight is 391 g/mol. The van der Waals surface area contributed by atoms with Crippen molar-refractivity contribution < 1.29 is 4.90 Å². The van der Waals surface area contributed by atoms with Gasteiger partial charge in [0.05, 0.1) is 13.1 Å². The van der Waals surface area contributed by atoms with Crippen molar-refractivity contribution in [2.24, 2.45) is 0 Å². The molecule has 5 nitrogen and oxygen atoms in total. The van der Waals surface area contributed by atoms with Crippen molar-refractivity contribution in [1.82, 2.24) is 19.3 Å². The van der Waals surface area contributed by atoms with Crippen molar-refractivity contribution >= 4 is 17.8 Å². The van der Waals surface area contributed by atoms with Gasteiger partial charge in [-0.3, -0.25) is 9.55 Å². The number of aromatic nitrogens is 4. The van der Waals surface area contributed by atoms with Gasteiger partial charge in [-0.15, -0.1) is 11.7 Å². The van der Waals surface area contributed by atoms with Crippen molar-refractivity contribution in [3.63, 3.8) is 0 Å². The molecule has 3 aromatic rings. The van der Waals surface area contributed by atoms with Crippen LogP contribution in [-0.4, -0.2) is 32.4 Å². The summed E-state index contributed by atoms with van der Waals surface area (Å²) >= 11 is 5.71. The first-order chi connectivity index (χ1) is 13.8. The summed E-state index contributed by atoms with van der Waals surface area (Å²) in [6.45, 7) is 7.30. The molecular weight excluding hydrogens is 366 g/mol. The molecular formula is C22H24N5S+. The van der Waals surface area contributed by atoms with Gasteiger partial charge in [-0.1, -0.05) is 36.4 Å². The van der Waals surface area contributed by atoms with Crippen LogP contribution in [0, 0.1) is 4.77 Å². The zero-order valence-corrected chi connectivity index (χ0v) is 16.6. The molecule has 6 heteroatoms. The zero-order chi connectivity index (χ0) is 19.3. The largest absolute Gasteiger partial charge is 0.313 e. The molecule has 1 aromatic carbocycles. The second-order valence-corrected chi connectivity index (χ2v) is 7.32. The topological polar surface area (TPSA) is 40.1 Å². The molecule has 4 rings (SSSR count). The van der Waals surface area contributed by atoms with Gasteiger partial charge in [0.1, 0.15) is 0 Å². The van der Waals surface area contributed by atoms with Crippen LogP contribution in [0.5, 0.6) is 0 Å². The molecule has 0 saturated carbocycles. The number of nitrogens with zero attached hydrogens (tertiary/aromatic N) is 4. The number of rotatable bonds is 6. The van der Waals surface area contributed by atoms with Crippen LogP contribution in [0.15, 0.2) is 73.6 Å². The fourth-order valence-corrected chi connectivity index (χ4v) is 3.87. The lowest BCUT2D eigenvalue weighted by molar-refractivity contribution is -0.918. The van der Waals surface area contributed by atoms with E-state index in [2.05, 4.69) is 48.0 Å². The van der Waals surface area contributed by atoms with Gasteiger partial charge in [0.2, 0.25) is 4.77 Å². The minimum atomic E-state index is 0.635. The van der Waals surface area contributed by atoms with E-state index < -0.39 is 0 Å². The van der Waals surface area contributed by atoms with Gasteiger partial charge in [-0.25, -0.2) is 0 Å². The SMILES string of the molecule is C=CCn1c(-c2cccnc2)nn(C[NH+]2CC=C(c3ccccc3)CC2)c1=S. The molecule has 0 radical (unpaired) electrons. The van der Waals surface area contributed by atoms with Crippen LogP contribution >= 0.6 is 12.2 Å². The third-order valence-corrected chi connectivity index (χ3v) is 5.49. The molecule has 0 bridgehead atoms. The smallest absolute Gasteiger partial charge is 0.203 e. The van der Waals surface area contributed by atoms with Gasteiger partial charge in [-0.05, 0) is 41.6 Å². The van der Waals surface area contributed by atoms with E-state index in [-0.39, 0.29) is 0 Å². The number of benzene rings is 1. The van der Waals surface area contributed by atoms with Crippen molar-refractivity contribution in [3.8, 4) is 11.4 Å². The van der Waals surface area contributed by atoms with E-state index in [9.17, 15) is 0 Å². The predicted octanol–water partition coefficient (Wildman–Crippen LogP) is 2.99.